The molecule has 0 aromatic carbocycles. The number of hydrogen-bond donors (Lipinski definition) is 3. The minimum Gasteiger partial charge on any atom is -0.472 e. The van der Waals surface area contributed by atoms with Gasteiger partial charge in [0.1, 0.15) is 11.2 Å². The predicted molar refractivity (Wildman–Crippen MR) is 126 cm³/mol. The van der Waals surface area contributed by atoms with Crippen LogP contribution in [-0.4, -0.2) is 41.2 Å². The van der Waals surface area contributed by atoms with Crippen LogP contribution in [0.2, 0.25) is 0 Å². The molecule has 6 heterocycles. The van der Waals surface area contributed by atoms with E-state index in [1.807, 2.05) is 30.7 Å². The molecule has 0 radical (unpaired) electrons. The molecule has 0 amide bonds. The van der Waals surface area contributed by atoms with Crippen LogP contribution in [0.3, 0.4) is 0 Å². The van der Waals surface area contributed by atoms with Gasteiger partial charge in [-0.15, -0.1) is 0 Å². The zero-order valence-electron chi connectivity index (χ0n) is 18.0. The lowest BCUT2D eigenvalue weighted by Gasteiger charge is -2.10. The highest BCUT2D eigenvalue weighted by Gasteiger charge is 2.17. The number of aromatic amines is 2. The number of imidazole rings is 1. The monoisotopic (exact) mass is 436 g/mol. The molecule has 33 heavy (non-hydrogen) atoms. The number of pyridine rings is 3. The van der Waals surface area contributed by atoms with Gasteiger partial charge in [-0.1, -0.05) is 0 Å². The van der Waals surface area contributed by atoms with Gasteiger partial charge in [-0.25, -0.2) is 15.0 Å². The quantitative estimate of drug-likeness (QED) is 0.346. The molecule has 0 fully saturated rings. The summed E-state index contributed by atoms with van der Waals surface area (Å²) in [6.07, 6.45) is 10.6. The lowest BCUT2D eigenvalue weighted by molar-refractivity contribution is 0.568. The van der Waals surface area contributed by atoms with Crippen molar-refractivity contribution in [2.45, 2.75) is 19.9 Å². The van der Waals surface area contributed by atoms with Crippen LogP contribution in [0.1, 0.15) is 13.8 Å². The predicted octanol–water partition coefficient (Wildman–Crippen LogP) is 5.04. The molecule has 0 aliphatic carbocycles. The fraction of sp³-hybridized carbons (Fsp3) is 0.125. The summed E-state index contributed by atoms with van der Waals surface area (Å²) < 4.78 is 5.25. The average molecular weight is 436 g/mol. The Morgan fingerprint density at radius 1 is 0.970 bits per heavy atom. The molecule has 0 spiro atoms. The minimum atomic E-state index is 0.316. The number of nitrogens with zero attached hydrogens (tertiary/aromatic N) is 5. The second-order valence-electron chi connectivity index (χ2n) is 8.11. The molecule has 0 aliphatic rings. The van der Waals surface area contributed by atoms with Crippen LogP contribution in [0.4, 0.5) is 5.69 Å². The van der Waals surface area contributed by atoms with Crippen molar-refractivity contribution in [2.24, 2.45) is 0 Å². The lowest BCUT2D eigenvalue weighted by Crippen LogP contribution is -2.09. The number of furan rings is 1. The first-order valence-corrected chi connectivity index (χ1v) is 10.6. The van der Waals surface area contributed by atoms with Crippen LogP contribution < -0.4 is 5.32 Å². The van der Waals surface area contributed by atoms with Crippen LogP contribution in [0.15, 0.2) is 66.0 Å². The minimum absolute atomic E-state index is 0.316. The molecule has 9 nitrogen and oxygen atoms in total. The van der Waals surface area contributed by atoms with Crippen molar-refractivity contribution >= 4 is 27.9 Å². The summed E-state index contributed by atoms with van der Waals surface area (Å²) >= 11 is 0. The standard InChI is InChI=1S/C24H20N8O/c1-13(2)28-17-7-15(9-25-11-17)16-8-19-21(31-32-22(19)27-10-16)24-29-20-18(14-4-6-33-12-14)3-5-26-23(20)30-24/h3-13,28H,1-2H3,(H,26,29,30)(H,27,31,32). The van der Waals surface area contributed by atoms with Gasteiger partial charge in [0.25, 0.3) is 0 Å². The van der Waals surface area contributed by atoms with Gasteiger partial charge >= 0.3 is 0 Å². The molecule has 0 saturated carbocycles. The highest BCUT2D eigenvalue weighted by atomic mass is 16.3. The van der Waals surface area contributed by atoms with E-state index in [0.717, 1.165) is 38.8 Å². The van der Waals surface area contributed by atoms with E-state index in [9.17, 15) is 0 Å². The Morgan fingerprint density at radius 3 is 2.73 bits per heavy atom. The number of nitrogens with one attached hydrogen (secondary N) is 3. The summed E-state index contributed by atoms with van der Waals surface area (Å²) in [5, 5.41) is 11.7. The Balaban J connectivity index is 1.45. The van der Waals surface area contributed by atoms with Crippen molar-refractivity contribution in [3.05, 3.63) is 61.6 Å². The zero-order chi connectivity index (χ0) is 22.4. The molecule has 0 bridgehead atoms. The fourth-order valence-corrected chi connectivity index (χ4v) is 3.93. The third-order valence-corrected chi connectivity index (χ3v) is 5.38. The van der Waals surface area contributed by atoms with Gasteiger partial charge in [-0.3, -0.25) is 10.1 Å². The van der Waals surface area contributed by atoms with E-state index in [1.54, 1.807) is 18.7 Å². The Morgan fingerprint density at radius 2 is 1.88 bits per heavy atom. The molecule has 6 rings (SSSR count). The molecule has 3 N–H and O–H groups in total. The first kappa shape index (κ1) is 19.2. The van der Waals surface area contributed by atoms with Gasteiger partial charge in [0, 0.05) is 53.1 Å². The largest absolute Gasteiger partial charge is 0.472 e. The molecule has 0 aliphatic heterocycles. The van der Waals surface area contributed by atoms with Gasteiger partial charge in [0.15, 0.2) is 17.1 Å². The number of aromatic nitrogens is 7. The van der Waals surface area contributed by atoms with Gasteiger partial charge in [-0.2, -0.15) is 5.10 Å². The van der Waals surface area contributed by atoms with E-state index in [2.05, 4.69) is 61.4 Å². The summed E-state index contributed by atoms with van der Waals surface area (Å²) in [5.41, 5.74) is 7.56. The van der Waals surface area contributed by atoms with E-state index >= 15 is 0 Å². The summed E-state index contributed by atoms with van der Waals surface area (Å²) in [4.78, 5) is 21.5. The summed E-state index contributed by atoms with van der Waals surface area (Å²) in [6, 6.07) is 8.26. The van der Waals surface area contributed by atoms with Gasteiger partial charge in [-0.05, 0) is 38.1 Å². The first-order chi connectivity index (χ1) is 16.2. The maximum atomic E-state index is 5.25. The van der Waals surface area contributed by atoms with Crippen LogP contribution >= 0.6 is 0 Å². The van der Waals surface area contributed by atoms with Crippen molar-refractivity contribution in [3.8, 4) is 33.8 Å². The van der Waals surface area contributed by atoms with E-state index in [0.29, 0.717) is 28.9 Å². The topological polar surface area (TPSA) is 121 Å². The van der Waals surface area contributed by atoms with Crippen LogP contribution in [-0.2, 0) is 0 Å². The highest BCUT2D eigenvalue weighted by Crippen LogP contribution is 2.32. The second-order valence-corrected chi connectivity index (χ2v) is 8.11. The third-order valence-electron chi connectivity index (χ3n) is 5.38. The highest BCUT2D eigenvalue weighted by molar-refractivity contribution is 5.96. The van der Waals surface area contributed by atoms with Crippen molar-refractivity contribution in [1.29, 1.82) is 0 Å². The van der Waals surface area contributed by atoms with Gasteiger partial charge < -0.3 is 14.7 Å². The van der Waals surface area contributed by atoms with E-state index in [1.165, 1.54) is 0 Å². The SMILES string of the molecule is CC(C)Nc1cncc(-c2cnc3[nH]nc(-c4nc5c(-c6ccoc6)ccnc5[nH]4)c3c2)c1. The number of rotatable bonds is 5. The van der Waals surface area contributed by atoms with Crippen molar-refractivity contribution in [2.75, 3.05) is 5.32 Å². The maximum Gasteiger partial charge on any atom is 0.161 e. The van der Waals surface area contributed by atoms with Crippen molar-refractivity contribution in [3.63, 3.8) is 0 Å². The number of hydrogen-bond acceptors (Lipinski definition) is 7. The van der Waals surface area contributed by atoms with Crippen LogP contribution in [0.5, 0.6) is 0 Å². The average Bonchev–Trinajstić information content (AvgIpc) is 3.57. The molecule has 0 saturated heterocycles. The van der Waals surface area contributed by atoms with Crippen LogP contribution in [0, 0.1) is 0 Å². The van der Waals surface area contributed by atoms with E-state index in [4.69, 9.17) is 9.40 Å². The lowest BCUT2D eigenvalue weighted by atomic mass is 10.1. The molecule has 9 heteroatoms. The zero-order valence-corrected chi connectivity index (χ0v) is 18.0. The Kier molecular flexibility index (Phi) is 4.39. The van der Waals surface area contributed by atoms with Crippen molar-refractivity contribution < 1.29 is 4.42 Å². The smallest absolute Gasteiger partial charge is 0.161 e. The normalized spacial score (nSPS) is 11.6. The number of H-pyrrole nitrogens is 2. The summed E-state index contributed by atoms with van der Waals surface area (Å²) in [6.45, 7) is 4.19. The number of anilines is 1. The van der Waals surface area contributed by atoms with Crippen molar-refractivity contribution in [1.82, 2.24) is 35.1 Å². The molecule has 0 atom stereocenters. The van der Waals surface area contributed by atoms with Gasteiger partial charge in [0.05, 0.1) is 23.6 Å². The molecule has 6 aromatic rings. The Hall–Kier alpha value is -4.53. The number of fused-ring (bicyclic) bond motifs is 2. The van der Waals surface area contributed by atoms with E-state index < -0.39 is 0 Å². The fourth-order valence-electron chi connectivity index (χ4n) is 3.93. The second kappa shape index (κ2) is 7.56. The Labute approximate surface area is 188 Å². The molecular formula is C24H20N8O. The first-order valence-electron chi connectivity index (χ1n) is 10.6. The molecule has 0 unspecified atom stereocenters. The van der Waals surface area contributed by atoms with Gasteiger partial charge in [0.2, 0.25) is 0 Å². The molecule has 162 valence electrons. The molecular weight excluding hydrogens is 416 g/mol. The maximum absolute atomic E-state index is 5.25. The third kappa shape index (κ3) is 3.39. The summed E-state index contributed by atoms with van der Waals surface area (Å²) in [7, 11) is 0. The van der Waals surface area contributed by atoms with Crippen LogP contribution in [0.25, 0.3) is 56.0 Å². The Bertz CT molecular complexity index is 1580. The van der Waals surface area contributed by atoms with E-state index in [-0.39, 0.29) is 0 Å². The molecule has 6 aromatic heterocycles. The summed E-state index contributed by atoms with van der Waals surface area (Å²) in [5.74, 6) is 0.618.